The zero-order chi connectivity index (χ0) is 19.7. The van der Waals surface area contributed by atoms with Crippen molar-refractivity contribution in [2.24, 2.45) is 0 Å². The molecule has 0 fully saturated rings. The van der Waals surface area contributed by atoms with Crippen LogP contribution in [-0.4, -0.2) is 29.5 Å². The summed E-state index contributed by atoms with van der Waals surface area (Å²) in [6, 6.07) is 6.56. The Hall–Kier alpha value is -3.76. The highest BCUT2D eigenvalue weighted by Gasteiger charge is 2.29. The van der Waals surface area contributed by atoms with Gasteiger partial charge in [-0.15, -0.1) is 0 Å². The second-order valence-electron chi connectivity index (χ2n) is 5.89. The number of aromatic nitrogens is 6. The molecule has 4 aromatic rings. The number of halogens is 3. The molecule has 0 amide bonds. The number of anilines is 3. The van der Waals surface area contributed by atoms with Crippen LogP contribution in [0.2, 0.25) is 0 Å². The smallest absolute Gasteiger partial charge is 0.382 e. The number of fused-ring (bicyclic) bond motifs is 1. The van der Waals surface area contributed by atoms with Crippen LogP contribution in [0.25, 0.3) is 11.2 Å². The van der Waals surface area contributed by atoms with Crippen molar-refractivity contribution in [2.75, 3.05) is 11.1 Å². The van der Waals surface area contributed by atoms with Crippen molar-refractivity contribution in [1.82, 2.24) is 29.5 Å². The molecule has 3 aromatic heterocycles. The minimum absolute atomic E-state index is 0.174. The van der Waals surface area contributed by atoms with Gasteiger partial charge in [0, 0.05) is 6.20 Å². The maximum absolute atomic E-state index is 12.7. The Labute approximate surface area is 156 Å². The molecule has 0 aliphatic heterocycles. The monoisotopic (exact) mass is 386 g/mol. The highest BCUT2D eigenvalue weighted by atomic mass is 19.4. The summed E-state index contributed by atoms with van der Waals surface area (Å²) in [6.45, 7) is 0.276. The van der Waals surface area contributed by atoms with E-state index in [1.165, 1.54) is 24.8 Å². The minimum Gasteiger partial charge on any atom is -0.382 e. The van der Waals surface area contributed by atoms with E-state index in [1.807, 2.05) is 0 Å². The number of alkyl halides is 3. The second kappa shape index (κ2) is 6.76. The number of rotatable bonds is 4. The van der Waals surface area contributed by atoms with Crippen LogP contribution in [0.5, 0.6) is 0 Å². The molecule has 0 atom stereocenters. The number of imidazole rings is 1. The van der Waals surface area contributed by atoms with Crippen LogP contribution in [0.1, 0.15) is 11.1 Å². The average Bonchev–Trinajstić information content (AvgIpc) is 3.06. The molecule has 0 unspecified atom stereocenters. The molecular weight excluding hydrogens is 373 g/mol. The third-order valence-electron chi connectivity index (χ3n) is 3.95. The SMILES string of the molecule is Nc1nc(Nc2ccncn2)nc2c1ncn2Cc1ccc(C(F)(F)F)cc1. The molecule has 0 spiro atoms. The van der Waals surface area contributed by atoms with E-state index in [2.05, 4.69) is 30.2 Å². The molecular formula is C17H13F3N8. The van der Waals surface area contributed by atoms with Gasteiger partial charge in [0.1, 0.15) is 17.7 Å². The van der Waals surface area contributed by atoms with Crippen LogP contribution in [0.3, 0.4) is 0 Å². The number of benzene rings is 1. The third-order valence-corrected chi connectivity index (χ3v) is 3.95. The summed E-state index contributed by atoms with van der Waals surface area (Å²) in [4.78, 5) is 20.6. The van der Waals surface area contributed by atoms with Crippen molar-refractivity contribution in [3.05, 3.63) is 60.3 Å². The molecule has 0 radical (unpaired) electrons. The average molecular weight is 386 g/mol. The molecule has 11 heteroatoms. The fourth-order valence-corrected chi connectivity index (χ4v) is 2.61. The van der Waals surface area contributed by atoms with Gasteiger partial charge in [-0.25, -0.2) is 15.0 Å². The van der Waals surface area contributed by atoms with E-state index >= 15 is 0 Å². The lowest BCUT2D eigenvalue weighted by Crippen LogP contribution is -2.07. The van der Waals surface area contributed by atoms with Gasteiger partial charge in [-0.3, -0.25) is 0 Å². The van der Waals surface area contributed by atoms with Crippen LogP contribution in [-0.2, 0) is 12.7 Å². The lowest BCUT2D eigenvalue weighted by Gasteiger charge is -2.09. The maximum Gasteiger partial charge on any atom is 0.416 e. The van der Waals surface area contributed by atoms with Gasteiger partial charge in [-0.1, -0.05) is 12.1 Å². The normalized spacial score (nSPS) is 11.7. The summed E-state index contributed by atoms with van der Waals surface area (Å²) in [7, 11) is 0. The van der Waals surface area contributed by atoms with Gasteiger partial charge in [0.05, 0.1) is 18.4 Å². The predicted octanol–water partition coefficient (Wildman–Crippen LogP) is 3.01. The van der Waals surface area contributed by atoms with Crippen LogP contribution in [0, 0.1) is 0 Å². The molecule has 3 N–H and O–H groups in total. The minimum atomic E-state index is -4.37. The highest BCUT2D eigenvalue weighted by molar-refractivity contribution is 5.83. The highest BCUT2D eigenvalue weighted by Crippen LogP contribution is 2.29. The van der Waals surface area contributed by atoms with E-state index in [-0.39, 0.29) is 18.3 Å². The van der Waals surface area contributed by atoms with Crippen LogP contribution in [0.15, 0.2) is 49.2 Å². The van der Waals surface area contributed by atoms with E-state index < -0.39 is 11.7 Å². The Morgan fingerprint density at radius 3 is 2.50 bits per heavy atom. The molecule has 3 heterocycles. The Kier molecular flexibility index (Phi) is 4.26. The van der Waals surface area contributed by atoms with E-state index in [1.54, 1.807) is 16.8 Å². The Morgan fingerprint density at radius 2 is 1.82 bits per heavy atom. The first-order valence-corrected chi connectivity index (χ1v) is 8.08. The summed E-state index contributed by atoms with van der Waals surface area (Å²) in [6.07, 6.45) is 0.0798. The molecule has 142 valence electrons. The van der Waals surface area contributed by atoms with Gasteiger partial charge in [0.2, 0.25) is 5.95 Å². The summed E-state index contributed by atoms with van der Waals surface area (Å²) in [5.41, 5.74) is 6.77. The zero-order valence-corrected chi connectivity index (χ0v) is 14.2. The van der Waals surface area contributed by atoms with Crippen molar-refractivity contribution in [2.45, 2.75) is 12.7 Å². The first-order chi connectivity index (χ1) is 13.4. The van der Waals surface area contributed by atoms with Gasteiger partial charge < -0.3 is 15.6 Å². The summed E-state index contributed by atoms with van der Waals surface area (Å²) in [5, 5.41) is 2.92. The van der Waals surface area contributed by atoms with Gasteiger partial charge in [-0.2, -0.15) is 23.1 Å². The fourth-order valence-electron chi connectivity index (χ4n) is 2.61. The molecule has 0 saturated heterocycles. The van der Waals surface area contributed by atoms with Gasteiger partial charge in [0.25, 0.3) is 0 Å². The van der Waals surface area contributed by atoms with E-state index in [0.29, 0.717) is 22.5 Å². The van der Waals surface area contributed by atoms with Gasteiger partial charge in [-0.05, 0) is 23.8 Å². The number of nitrogens with zero attached hydrogens (tertiary/aromatic N) is 6. The second-order valence-corrected chi connectivity index (χ2v) is 5.89. The van der Waals surface area contributed by atoms with Crippen molar-refractivity contribution < 1.29 is 13.2 Å². The first-order valence-electron chi connectivity index (χ1n) is 8.08. The molecule has 1 aromatic carbocycles. The molecule has 0 bridgehead atoms. The molecule has 8 nitrogen and oxygen atoms in total. The first kappa shape index (κ1) is 17.6. The fraction of sp³-hybridized carbons (Fsp3) is 0.118. The Morgan fingerprint density at radius 1 is 1.04 bits per heavy atom. The number of nitrogens with two attached hydrogens (primary N) is 1. The Balaban J connectivity index is 1.64. The van der Waals surface area contributed by atoms with Crippen molar-refractivity contribution in [1.29, 1.82) is 0 Å². The van der Waals surface area contributed by atoms with Gasteiger partial charge in [0.15, 0.2) is 11.5 Å². The standard InChI is InChI=1S/C17H13F3N8/c18-17(19,20)11-3-1-10(2-4-11)7-28-9-24-13-14(21)26-16(27-15(13)28)25-12-5-6-22-8-23-12/h1-6,8-9H,7H2,(H3,21,22,23,25,26,27). The summed E-state index contributed by atoms with van der Waals surface area (Å²) >= 11 is 0. The van der Waals surface area contributed by atoms with Crippen LogP contribution in [0.4, 0.5) is 30.8 Å². The van der Waals surface area contributed by atoms with Crippen LogP contribution < -0.4 is 11.1 Å². The van der Waals surface area contributed by atoms with Crippen molar-refractivity contribution >= 4 is 28.7 Å². The molecule has 0 aliphatic carbocycles. The summed E-state index contributed by atoms with van der Waals surface area (Å²) in [5.74, 6) is 0.883. The Bertz CT molecular complexity index is 1110. The molecule has 4 rings (SSSR count). The van der Waals surface area contributed by atoms with E-state index in [9.17, 15) is 13.2 Å². The predicted molar refractivity (Wildman–Crippen MR) is 95.6 cm³/mol. The van der Waals surface area contributed by atoms with Crippen molar-refractivity contribution in [3.63, 3.8) is 0 Å². The zero-order valence-electron chi connectivity index (χ0n) is 14.2. The van der Waals surface area contributed by atoms with E-state index in [0.717, 1.165) is 12.1 Å². The largest absolute Gasteiger partial charge is 0.416 e. The molecule has 0 saturated carbocycles. The lowest BCUT2D eigenvalue weighted by molar-refractivity contribution is -0.137. The quantitative estimate of drug-likeness (QED) is 0.555. The number of hydrogen-bond donors (Lipinski definition) is 2. The van der Waals surface area contributed by atoms with Crippen LogP contribution >= 0.6 is 0 Å². The third kappa shape index (κ3) is 3.54. The molecule has 28 heavy (non-hydrogen) atoms. The van der Waals surface area contributed by atoms with Crippen molar-refractivity contribution in [3.8, 4) is 0 Å². The summed E-state index contributed by atoms with van der Waals surface area (Å²) < 4.78 is 39.8. The number of hydrogen-bond acceptors (Lipinski definition) is 7. The van der Waals surface area contributed by atoms with E-state index in [4.69, 9.17) is 5.73 Å². The van der Waals surface area contributed by atoms with Gasteiger partial charge >= 0.3 is 6.18 Å². The maximum atomic E-state index is 12.7. The number of nitrogens with one attached hydrogen (secondary N) is 1. The lowest BCUT2D eigenvalue weighted by atomic mass is 10.1. The number of nitrogen functional groups attached to an aromatic ring is 1. The topological polar surface area (TPSA) is 107 Å². The molecule has 0 aliphatic rings.